The van der Waals surface area contributed by atoms with E-state index in [9.17, 15) is 21.6 Å². The molecule has 0 unspecified atom stereocenters. The summed E-state index contributed by atoms with van der Waals surface area (Å²) in [4.78, 5) is 14.3. The third-order valence-electron chi connectivity index (χ3n) is 5.44. The molecule has 0 aromatic heterocycles. The lowest BCUT2D eigenvalue weighted by Gasteiger charge is -2.27. The van der Waals surface area contributed by atoms with E-state index in [4.69, 9.17) is 9.47 Å². The molecule has 0 spiro atoms. The number of amides is 1. The van der Waals surface area contributed by atoms with E-state index in [0.717, 1.165) is 16.1 Å². The average molecular weight is 512 g/mol. The first kappa shape index (κ1) is 25.9. The summed E-state index contributed by atoms with van der Waals surface area (Å²) in [5.74, 6) is 0.195. The molecule has 34 heavy (non-hydrogen) atoms. The standard InChI is InChI=1S/C22H29N3O7S2/c1-23(16-18-6-4-5-7-21(18)31-2)22(26)17-25(33(3,27)28)19-8-10-20(11-9-19)34(29,30)24-12-14-32-15-13-24/h4-11H,12-17H2,1-3H3. The molecule has 0 N–H and O–H groups in total. The Bertz CT molecular complexity index is 1210. The number of morpholine rings is 1. The first-order valence-electron chi connectivity index (χ1n) is 10.6. The maximum atomic E-state index is 12.9. The van der Waals surface area contributed by atoms with E-state index in [1.165, 1.54) is 40.6 Å². The monoisotopic (exact) mass is 511 g/mol. The largest absolute Gasteiger partial charge is 0.496 e. The zero-order valence-electron chi connectivity index (χ0n) is 19.4. The predicted molar refractivity (Wildman–Crippen MR) is 128 cm³/mol. The van der Waals surface area contributed by atoms with Crippen LogP contribution in [-0.4, -0.2) is 85.2 Å². The van der Waals surface area contributed by atoms with Crippen molar-refractivity contribution in [3.05, 3.63) is 54.1 Å². The molecule has 10 nitrogen and oxygen atoms in total. The molecule has 2 aromatic carbocycles. The molecule has 0 radical (unpaired) electrons. The molecular weight excluding hydrogens is 482 g/mol. The van der Waals surface area contributed by atoms with Crippen molar-refractivity contribution in [1.29, 1.82) is 0 Å². The summed E-state index contributed by atoms with van der Waals surface area (Å²) in [5.41, 5.74) is 0.979. The number of ether oxygens (including phenoxy) is 2. The Morgan fingerprint density at radius 2 is 1.65 bits per heavy atom. The van der Waals surface area contributed by atoms with Crippen LogP contribution in [0, 0.1) is 0 Å². The lowest BCUT2D eigenvalue weighted by Crippen LogP contribution is -2.41. The minimum absolute atomic E-state index is 0.0474. The molecule has 1 aliphatic heterocycles. The second-order valence-corrected chi connectivity index (χ2v) is 11.7. The molecule has 1 heterocycles. The number of anilines is 1. The van der Waals surface area contributed by atoms with Crippen molar-refractivity contribution in [1.82, 2.24) is 9.21 Å². The predicted octanol–water partition coefficient (Wildman–Crippen LogP) is 1.14. The number of sulfonamides is 2. The Kier molecular flexibility index (Phi) is 8.18. The Hall–Kier alpha value is -2.67. The van der Waals surface area contributed by atoms with Gasteiger partial charge in [-0.2, -0.15) is 4.31 Å². The van der Waals surface area contributed by atoms with Crippen molar-refractivity contribution in [2.75, 3.05) is 57.6 Å². The maximum Gasteiger partial charge on any atom is 0.243 e. The molecule has 0 saturated carbocycles. The second-order valence-electron chi connectivity index (χ2n) is 7.84. The number of methoxy groups -OCH3 is 1. The smallest absolute Gasteiger partial charge is 0.243 e. The maximum absolute atomic E-state index is 12.9. The molecule has 1 fully saturated rings. The highest BCUT2D eigenvalue weighted by Crippen LogP contribution is 2.24. The lowest BCUT2D eigenvalue weighted by atomic mass is 10.2. The number of likely N-dealkylation sites (N-methyl/N-ethyl adjacent to an activating group) is 1. The normalized spacial score (nSPS) is 15.0. The molecule has 1 amide bonds. The highest BCUT2D eigenvalue weighted by atomic mass is 32.2. The number of nitrogens with zero attached hydrogens (tertiary/aromatic N) is 3. The van der Waals surface area contributed by atoms with Gasteiger partial charge in [0.25, 0.3) is 0 Å². The van der Waals surface area contributed by atoms with Crippen molar-refractivity contribution in [2.24, 2.45) is 0 Å². The van der Waals surface area contributed by atoms with E-state index >= 15 is 0 Å². The van der Waals surface area contributed by atoms with Gasteiger partial charge in [0.05, 0.1) is 37.2 Å². The van der Waals surface area contributed by atoms with Crippen molar-refractivity contribution in [3.8, 4) is 5.75 Å². The van der Waals surface area contributed by atoms with E-state index < -0.39 is 32.5 Å². The van der Waals surface area contributed by atoms with Gasteiger partial charge in [-0.05, 0) is 30.3 Å². The molecule has 2 aromatic rings. The third-order valence-corrected chi connectivity index (χ3v) is 8.49. The zero-order valence-corrected chi connectivity index (χ0v) is 21.0. The van der Waals surface area contributed by atoms with E-state index in [-0.39, 0.29) is 30.2 Å². The number of carbonyl (C=O) groups excluding carboxylic acids is 1. The van der Waals surface area contributed by atoms with Crippen LogP contribution in [0.3, 0.4) is 0 Å². The molecule has 0 atom stereocenters. The van der Waals surface area contributed by atoms with Gasteiger partial charge in [-0.1, -0.05) is 18.2 Å². The van der Waals surface area contributed by atoms with Crippen molar-refractivity contribution in [3.63, 3.8) is 0 Å². The van der Waals surface area contributed by atoms with Gasteiger partial charge in [-0.3, -0.25) is 9.10 Å². The lowest BCUT2D eigenvalue weighted by molar-refractivity contribution is -0.128. The van der Waals surface area contributed by atoms with Gasteiger partial charge in [0, 0.05) is 32.2 Å². The Morgan fingerprint density at radius 3 is 2.24 bits per heavy atom. The van der Waals surface area contributed by atoms with Crippen LogP contribution in [-0.2, 0) is 36.1 Å². The zero-order chi connectivity index (χ0) is 24.9. The van der Waals surface area contributed by atoms with E-state index in [0.29, 0.717) is 19.0 Å². The average Bonchev–Trinajstić information content (AvgIpc) is 2.82. The molecule has 1 saturated heterocycles. The van der Waals surface area contributed by atoms with Crippen LogP contribution in [0.15, 0.2) is 53.4 Å². The fourth-order valence-corrected chi connectivity index (χ4v) is 5.80. The SMILES string of the molecule is COc1ccccc1CN(C)C(=O)CN(c1ccc(S(=O)(=O)N2CCOCC2)cc1)S(C)(=O)=O. The molecule has 0 bridgehead atoms. The Morgan fingerprint density at radius 1 is 1.03 bits per heavy atom. The van der Waals surface area contributed by atoms with Crippen LogP contribution < -0.4 is 9.04 Å². The summed E-state index contributed by atoms with van der Waals surface area (Å²) in [5, 5.41) is 0. The highest BCUT2D eigenvalue weighted by Gasteiger charge is 2.28. The number of hydrogen-bond acceptors (Lipinski definition) is 7. The van der Waals surface area contributed by atoms with Gasteiger partial charge in [0.1, 0.15) is 12.3 Å². The fourth-order valence-electron chi connectivity index (χ4n) is 3.54. The first-order chi connectivity index (χ1) is 16.0. The van der Waals surface area contributed by atoms with E-state index in [1.54, 1.807) is 13.1 Å². The van der Waals surface area contributed by atoms with Gasteiger partial charge in [-0.15, -0.1) is 0 Å². The summed E-state index contributed by atoms with van der Waals surface area (Å²) >= 11 is 0. The van der Waals surface area contributed by atoms with Gasteiger partial charge >= 0.3 is 0 Å². The van der Waals surface area contributed by atoms with Crippen molar-refractivity contribution >= 4 is 31.6 Å². The Balaban J connectivity index is 1.77. The van der Waals surface area contributed by atoms with Crippen molar-refractivity contribution in [2.45, 2.75) is 11.4 Å². The number of carbonyl (C=O) groups is 1. The second kappa shape index (κ2) is 10.7. The quantitative estimate of drug-likeness (QED) is 0.496. The van der Waals surface area contributed by atoms with Crippen LogP contribution in [0.1, 0.15) is 5.56 Å². The molecule has 1 aliphatic rings. The molecule has 12 heteroatoms. The number of hydrogen-bond donors (Lipinski definition) is 0. The van der Waals surface area contributed by atoms with Crippen LogP contribution in [0.2, 0.25) is 0 Å². The van der Waals surface area contributed by atoms with Crippen LogP contribution in [0.5, 0.6) is 5.75 Å². The summed E-state index contributed by atoms with van der Waals surface area (Å²) in [6.07, 6.45) is 0.999. The minimum atomic E-state index is -3.82. The summed E-state index contributed by atoms with van der Waals surface area (Å²) in [7, 11) is -4.42. The summed E-state index contributed by atoms with van der Waals surface area (Å²) < 4.78 is 63.4. The van der Waals surface area contributed by atoms with Crippen LogP contribution in [0.25, 0.3) is 0 Å². The summed E-state index contributed by atoms with van der Waals surface area (Å²) in [6, 6.07) is 12.7. The fraction of sp³-hybridized carbons (Fsp3) is 0.409. The van der Waals surface area contributed by atoms with Gasteiger partial charge in [-0.25, -0.2) is 16.8 Å². The van der Waals surface area contributed by atoms with Crippen molar-refractivity contribution < 1.29 is 31.1 Å². The van der Waals surface area contributed by atoms with E-state index in [1.807, 2.05) is 18.2 Å². The van der Waals surface area contributed by atoms with Gasteiger partial charge < -0.3 is 14.4 Å². The number of para-hydroxylation sites is 1. The number of benzene rings is 2. The molecular formula is C22H29N3O7S2. The van der Waals surface area contributed by atoms with Crippen LogP contribution >= 0.6 is 0 Å². The van der Waals surface area contributed by atoms with E-state index in [2.05, 4.69) is 0 Å². The third kappa shape index (κ3) is 6.06. The summed E-state index contributed by atoms with van der Waals surface area (Å²) in [6.45, 7) is 0.962. The van der Waals surface area contributed by atoms with Gasteiger partial charge in [0.2, 0.25) is 26.0 Å². The highest BCUT2D eigenvalue weighted by molar-refractivity contribution is 7.92. The van der Waals surface area contributed by atoms with Crippen LogP contribution in [0.4, 0.5) is 5.69 Å². The molecule has 3 rings (SSSR count). The molecule has 186 valence electrons. The minimum Gasteiger partial charge on any atom is -0.496 e. The number of rotatable bonds is 9. The topological polar surface area (TPSA) is 114 Å². The molecule has 0 aliphatic carbocycles. The van der Waals surface area contributed by atoms with Gasteiger partial charge in [0.15, 0.2) is 0 Å². The first-order valence-corrected chi connectivity index (χ1v) is 13.8. The Labute approximate surface area is 200 Å².